The SMILES string of the molecule is N#Cc1cc2c(cc1C(c1ccccc1)c1ccccc1)C(=O)NC2=O. The Bertz CT molecular complexity index is 1010. The molecule has 2 amide bonds. The molecule has 0 fully saturated rings. The van der Waals surface area contributed by atoms with Gasteiger partial charge in [-0.1, -0.05) is 60.7 Å². The van der Waals surface area contributed by atoms with E-state index in [-0.39, 0.29) is 11.5 Å². The van der Waals surface area contributed by atoms with Gasteiger partial charge >= 0.3 is 0 Å². The molecule has 1 heterocycles. The second-order valence-corrected chi connectivity index (χ2v) is 6.13. The molecular weight excluding hydrogens is 324 g/mol. The molecule has 0 saturated heterocycles. The Kier molecular flexibility index (Phi) is 3.83. The van der Waals surface area contributed by atoms with E-state index in [1.165, 1.54) is 6.07 Å². The van der Waals surface area contributed by atoms with Gasteiger partial charge in [0.15, 0.2) is 0 Å². The van der Waals surface area contributed by atoms with Crippen molar-refractivity contribution in [2.24, 2.45) is 0 Å². The van der Waals surface area contributed by atoms with Crippen molar-refractivity contribution in [3.05, 3.63) is 106 Å². The maximum absolute atomic E-state index is 12.1. The Labute approximate surface area is 150 Å². The van der Waals surface area contributed by atoms with E-state index in [0.717, 1.165) is 11.1 Å². The van der Waals surface area contributed by atoms with Crippen molar-refractivity contribution in [2.45, 2.75) is 5.92 Å². The number of benzene rings is 3. The molecule has 1 N–H and O–H groups in total. The van der Waals surface area contributed by atoms with Crippen molar-refractivity contribution >= 4 is 11.8 Å². The van der Waals surface area contributed by atoms with Gasteiger partial charge in [-0.2, -0.15) is 5.26 Å². The van der Waals surface area contributed by atoms with Crippen molar-refractivity contribution < 1.29 is 9.59 Å². The van der Waals surface area contributed by atoms with E-state index < -0.39 is 11.8 Å². The summed E-state index contributed by atoms with van der Waals surface area (Å²) in [7, 11) is 0. The van der Waals surface area contributed by atoms with Gasteiger partial charge in [-0.25, -0.2) is 0 Å². The molecule has 1 aliphatic heterocycles. The fourth-order valence-electron chi connectivity index (χ4n) is 3.41. The third-order valence-electron chi connectivity index (χ3n) is 4.60. The van der Waals surface area contributed by atoms with E-state index in [2.05, 4.69) is 11.4 Å². The van der Waals surface area contributed by atoms with Crippen LogP contribution in [0.15, 0.2) is 72.8 Å². The van der Waals surface area contributed by atoms with E-state index in [1.807, 2.05) is 60.7 Å². The lowest BCUT2D eigenvalue weighted by atomic mass is 9.81. The zero-order valence-corrected chi connectivity index (χ0v) is 13.8. The van der Waals surface area contributed by atoms with Gasteiger partial charge in [0.25, 0.3) is 11.8 Å². The summed E-state index contributed by atoms with van der Waals surface area (Å²) in [6, 6.07) is 25.0. The van der Waals surface area contributed by atoms with Crippen LogP contribution in [0.3, 0.4) is 0 Å². The quantitative estimate of drug-likeness (QED) is 0.586. The average Bonchev–Trinajstić information content (AvgIpc) is 2.96. The Morgan fingerprint density at radius 2 is 1.27 bits per heavy atom. The molecule has 1 aliphatic rings. The molecule has 4 nitrogen and oxygen atoms in total. The molecule has 0 unspecified atom stereocenters. The van der Waals surface area contributed by atoms with Crippen LogP contribution in [-0.4, -0.2) is 11.8 Å². The average molecular weight is 338 g/mol. The lowest BCUT2D eigenvalue weighted by Crippen LogP contribution is -2.19. The summed E-state index contributed by atoms with van der Waals surface area (Å²) in [6.45, 7) is 0. The van der Waals surface area contributed by atoms with Crippen LogP contribution in [0.5, 0.6) is 0 Å². The predicted molar refractivity (Wildman–Crippen MR) is 96.8 cm³/mol. The number of carbonyl (C=O) groups is 2. The number of amides is 2. The fourth-order valence-corrected chi connectivity index (χ4v) is 3.41. The molecule has 4 rings (SSSR count). The number of carbonyl (C=O) groups excluding carboxylic acids is 2. The van der Waals surface area contributed by atoms with Crippen molar-refractivity contribution in [2.75, 3.05) is 0 Å². The third-order valence-corrected chi connectivity index (χ3v) is 4.60. The fraction of sp³-hybridized carbons (Fsp3) is 0.0455. The summed E-state index contributed by atoms with van der Waals surface area (Å²) in [5.41, 5.74) is 3.72. The van der Waals surface area contributed by atoms with Crippen LogP contribution in [0.1, 0.15) is 48.9 Å². The summed E-state index contributed by atoms with van der Waals surface area (Å²) in [6.07, 6.45) is 0. The zero-order chi connectivity index (χ0) is 18.1. The number of nitrogens with zero attached hydrogens (tertiary/aromatic N) is 1. The summed E-state index contributed by atoms with van der Waals surface area (Å²) in [4.78, 5) is 24.0. The first-order valence-corrected chi connectivity index (χ1v) is 8.22. The highest BCUT2D eigenvalue weighted by Gasteiger charge is 2.30. The first kappa shape index (κ1) is 15.8. The molecule has 0 atom stereocenters. The first-order chi connectivity index (χ1) is 12.7. The largest absolute Gasteiger partial charge is 0.288 e. The molecule has 0 aromatic heterocycles. The summed E-state index contributed by atoms with van der Waals surface area (Å²) >= 11 is 0. The Morgan fingerprint density at radius 3 is 1.77 bits per heavy atom. The topological polar surface area (TPSA) is 70.0 Å². The van der Waals surface area contributed by atoms with Crippen LogP contribution in [0.4, 0.5) is 0 Å². The lowest BCUT2D eigenvalue weighted by Gasteiger charge is -2.20. The van der Waals surface area contributed by atoms with Crippen LogP contribution in [0, 0.1) is 11.3 Å². The zero-order valence-electron chi connectivity index (χ0n) is 13.8. The molecule has 0 bridgehead atoms. The smallest absolute Gasteiger partial charge is 0.258 e. The number of hydrogen-bond donors (Lipinski definition) is 1. The van der Waals surface area contributed by atoms with Crippen molar-refractivity contribution in [1.82, 2.24) is 5.32 Å². The van der Waals surface area contributed by atoms with E-state index in [4.69, 9.17) is 0 Å². The third kappa shape index (κ3) is 2.56. The minimum absolute atomic E-state index is 0.208. The van der Waals surface area contributed by atoms with Crippen molar-refractivity contribution in [3.63, 3.8) is 0 Å². The van der Waals surface area contributed by atoms with Crippen LogP contribution in [0.25, 0.3) is 0 Å². The van der Waals surface area contributed by atoms with Crippen molar-refractivity contribution in [1.29, 1.82) is 5.26 Å². The number of nitrogens with one attached hydrogen (secondary N) is 1. The lowest BCUT2D eigenvalue weighted by molar-refractivity contribution is 0.0879. The van der Waals surface area contributed by atoms with E-state index >= 15 is 0 Å². The molecule has 0 aliphatic carbocycles. The maximum Gasteiger partial charge on any atom is 0.258 e. The van der Waals surface area contributed by atoms with Gasteiger partial charge in [0.2, 0.25) is 0 Å². The molecule has 3 aromatic rings. The van der Waals surface area contributed by atoms with E-state index in [0.29, 0.717) is 16.7 Å². The number of nitriles is 1. The highest BCUT2D eigenvalue weighted by Crippen LogP contribution is 2.35. The summed E-state index contributed by atoms with van der Waals surface area (Å²) in [5, 5.41) is 12.0. The normalized spacial score (nSPS) is 12.6. The summed E-state index contributed by atoms with van der Waals surface area (Å²) < 4.78 is 0. The minimum Gasteiger partial charge on any atom is -0.288 e. The van der Waals surface area contributed by atoms with Gasteiger partial charge in [-0.3, -0.25) is 14.9 Å². The first-order valence-electron chi connectivity index (χ1n) is 8.22. The van der Waals surface area contributed by atoms with E-state index in [9.17, 15) is 14.9 Å². The number of fused-ring (bicyclic) bond motifs is 1. The highest BCUT2D eigenvalue weighted by molar-refractivity contribution is 6.21. The molecule has 0 saturated carbocycles. The van der Waals surface area contributed by atoms with Gasteiger partial charge in [0, 0.05) is 5.92 Å². The van der Waals surface area contributed by atoms with Gasteiger partial charge in [0.05, 0.1) is 22.8 Å². The predicted octanol–water partition coefficient (Wildman–Crippen LogP) is 3.62. The highest BCUT2D eigenvalue weighted by atomic mass is 16.2. The second-order valence-electron chi connectivity index (χ2n) is 6.13. The number of rotatable bonds is 3. The van der Waals surface area contributed by atoms with Crippen LogP contribution >= 0.6 is 0 Å². The van der Waals surface area contributed by atoms with Gasteiger partial charge in [0.1, 0.15) is 0 Å². The van der Waals surface area contributed by atoms with Gasteiger partial charge < -0.3 is 0 Å². The minimum atomic E-state index is -0.455. The number of imide groups is 1. The molecule has 0 spiro atoms. The van der Waals surface area contributed by atoms with Crippen LogP contribution < -0.4 is 5.32 Å². The Hall–Kier alpha value is -3.71. The summed E-state index contributed by atoms with van der Waals surface area (Å²) in [5.74, 6) is -1.08. The van der Waals surface area contributed by atoms with Crippen LogP contribution in [0.2, 0.25) is 0 Å². The molecule has 124 valence electrons. The van der Waals surface area contributed by atoms with Crippen LogP contribution in [-0.2, 0) is 0 Å². The molecule has 3 aromatic carbocycles. The molecule has 0 radical (unpaired) electrons. The Balaban J connectivity index is 1.98. The van der Waals surface area contributed by atoms with E-state index in [1.54, 1.807) is 6.07 Å². The molecular formula is C22H14N2O2. The number of hydrogen-bond acceptors (Lipinski definition) is 3. The maximum atomic E-state index is 12.1. The standard InChI is InChI=1S/C22H14N2O2/c23-13-16-11-18-19(22(26)24-21(18)25)12-17(16)20(14-7-3-1-4-8-14)15-9-5-2-6-10-15/h1-12,20H,(H,24,25,26). The molecule has 26 heavy (non-hydrogen) atoms. The second kappa shape index (κ2) is 6.30. The van der Waals surface area contributed by atoms with Gasteiger partial charge in [-0.05, 0) is 28.8 Å². The van der Waals surface area contributed by atoms with Gasteiger partial charge in [-0.15, -0.1) is 0 Å². The monoisotopic (exact) mass is 338 g/mol. The molecule has 4 heteroatoms. The van der Waals surface area contributed by atoms with Crippen molar-refractivity contribution in [3.8, 4) is 6.07 Å². The Morgan fingerprint density at radius 1 is 0.769 bits per heavy atom.